The Morgan fingerprint density at radius 3 is 2.67 bits per heavy atom. The van der Waals surface area contributed by atoms with E-state index in [4.69, 9.17) is 4.99 Å². The van der Waals surface area contributed by atoms with Gasteiger partial charge in [-0.1, -0.05) is 36.9 Å². The normalized spacial score (nSPS) is 31.4. The largest absolute Gasteiger partial charge is 0.335 e. The van der Waals surface area contributed by atoms with Gasteiger partial charge in [0.15, 0.2) is 5.17 Å². The number of para-hydroxylation sites is 1. The maximum Gasteiger partial charge on any atom is 0.161 e. The predicted molar refractivity (Wildman–Crippen MR) is 80.3 cm³/mol. The molecule has 1 spiro atoms. The minimum absolute atomic E-state index is 0.244. The van der Waals surface area contributed by atoms with Gasteiger partial charge in [-0.15, -0.1) is 0 Å². The molecule has 1 saturated carbocycles. The highest BCUT2D eigenvalue weighted by Crippen LogP contribution is 2.41. The van der Waals surface area contributed by atoms with E-state index in [1.54, 1.807) is 0 Å². The van der Waals surface area contributed by atoms with E-state index in [1.165, 1.54) is 25.7 Å². The monoisotopic (exact) mass is 260 g/mol. The molecule has 1 aliphatic carbocycles. The molecule has 96 valence electrons. The summed E-state index contributed by atoms with van der Waals surface area (Å²) in [6.07, 6.45) is 5.20. The third-order valence-corrected chi connectivity index (χ3v) is 5.19. The molecule has 3 rings (SSSR count). The lowest BCUT2D eigenvalue weighted by atomic mass is 9.79. The number of anilines is 1. The molecule has 1 aromatic rings. The van der Waals surface area contributed by atoms with Crippen LogP contribution < -0.4 is 5.32 Å². The second-order valence-corrected chi connectivity index (χ2v) is 6.57. The first-order chi connectivity index (χ1) is 8.76. The van der Waals surface area contributed by atoms with E-state index in [2.05, 4.69) is 36.5 Å². The van der Waals surface area contributed by atoms with Gasteiger partial charge in [-0.25, -0.2) is 0 Å². The SMILES string of the molecule is CC1CCC2(CC1)CSC(Nc1ccccc1)=N2. The molecule has 1 fully saturated rings. The lowest BCUT2D eigenvalue weighted by Gasteiger charge is -2.32. The second kappa shape index (κ2) is 4.96. The molecule has 1 heterocycles. The summed E-state index contributed by atoms with van der Waals surface area (Å²) in [7, 11) is 0. The molecule has 1 aliphatic heterocycles. The topological polar surface area (TPSA) is 24.4 Å². The molecule has 0 unspecified atom stereocenters. The third kappa shape index (κ3) is 2.56. The number of nitrogens with zero attached hydrogens (tertiary/aromatic N) is 1. The van der Waals surface area contributed by atoms with Crippen molar-refractivity contribution in [2.24, 2.45) is 10.9 Å². The van der Waals surface area contributed by atoms with Crippen LogP contribution in [0.2, 0.25) is 0 Å². The van der Waals surface area contributed by atoms with E-state index >= 15 is 0 Å². The van der Waals surface area contributed by atoms with E-state index in [0.717, 1.165) is 22.5 Å². The Balaban J connectivity index is 1.68. The number of amidine groups is 1. The summed E-state index contributed by atoms with van der Waals surface area (Å²) in [5.74, 6) is 2.05. The van der Waals surface area contributed by atoms with Gasteiger partial charge >= 0.3 is 0 Å². The number of hydrogen-bond acceptors (Lipinski definition) is 3. The van der Waals surface area contributed by atoms with Gasteiger partial charge in [0.2, 0.25) is 0 Å². The van der Waals surface area contributed by atoms with Crippen molar-refractivity contribution < 1.29 is 0 Å². The first-order valence-electron chi connectivity index (χ1n) is 6.81. The first-order valence-corrected chi connectivity index (χ1v) is 7.79. The standard InChI is InChI=1S/C15H20N2S/c1-12-7-9-15(10-8-12)11-18-14(17-15)16-13-5-3-2-4-6-13/h2-6,12H,7-11H2,1H3,(H,16,17). The Hall–Kier alpha value is -0.960. The van der Waals surface area contributed by atoms with Crippen LogP contribution in [0.4, 0.5) is 5.69 Å². The van der Waals surface area contributed by atoms with Crippen LogP contribution in [0.1, 0.15) is 32.6 Å². The average Bonchev–Trinajstić information content (AvgIpc) is 2.78. The quantitative estimate of drug-likeness (QED) is 0.820. The van der Waals surface area contributed by atoms with Crippen molar-refractivity contribution in [3.05, 3.63) is 30.3 Å². The molecule has 0 saturated heterocycles. The molecular weight excluding hydrogens is 240 g/mol. The molecule has 1 N–H and O–H groups in total. The highest BCUT2D eigenvalue weighted by Gasteiger charge is 2.38. The van der Waals surface area contributed by atoms with Crippen LogP contribution in [-0.4, -0.2) is 16.5 Å². The van der Waals surface area contributed by atoms with Crippen molar-refractivity contribution in [2.75, 3.05) is 11.1 Å². The number of aliphatic imine (C=N–C) groups is 1. The summed E-state index contributed by atoms with van der Waals surface area (Å²) in [5, 5.41) is 4.54. The zero-order valence-corrected chi connectivity index (χ0v) is 11.7. The molecule has 0 bridgehead atoms. The van der Waals surface area contributed by atoms with E-state index < -0.39 is 0 Å². The van der Waals surface area contributed by atoms with Crippen LogP contribution in [-0.2, 0) is 0 Å². The third-order valence-electron chi connectivity index (χ3n) is 4.05. The molecule has 18 heavy (non-hydrogen) atoms. The summed E-state index contributed by atoms with van der Waals surface area (Å²) >= 11 is 1.88. The molecule has 2 nitrogen and oxygen atoms in total. The minimum atomic E-state index is 0.244. The van der Waals surface area contributed by atoms with Gasteiger partial charge in [-0.2, -0.15) is 0 Å². The Bertz CT molecular complexity index is 433. The summed E-state index contributed by atoms with van der Waals surface area (Å²) < 4.78 is 0. The van der Waals surface area contributed by atoms with Crippen LogP contribution in [0.25, 0.3) is 0 Å². The zero-order chi connectivity index (χ0) is 12.4. The summed E-state index contributed by atoms with van der Waals surface area (Å²) in [6, 6.07) is 10.3. The number of rotatable bonds is 1. The average molecular weight is 260 g/mol. The van der Waals surface area contributed by atoms with Crippen molar-refractivity contribution >= 4 is 22.6 Å². The molecular formula is C15H20N2S. The summed E-state index contributed by atoms with van der Waals surface area (Å²) in [6.45, 7) is 2.36. The maximum atomic E-state index is 4.98. The van der Waals surface area contributed by atoms with E-state index in [0.29, 0.717) is 0 Å². The number of thioether (sulfide) groups is 1. The highest BCUT2D eigenvalue weighted by atomic mass is 32.2. The van der Waals surface area contributed by atoms with Gasteiger partial charge in [0, 0.05) is 11.4 Å². The molecule has 0 radical (unpaired) electrons. The molecule has 0 amide bonds. The summed E-state index contributed by atoms with van der Waals surface area (Å²) in [4.78, 5) is 4.98. The Kier molecular flexibility index (Phi) is 3.33. The van der Waals surface area contributed by atoms with E-state index in [9.17, 15) is 0 Å². The van der Waals surface area contributed by atoms with Gasteiger partial charge in [0.05, 0.1) is 5.54 Å². The maximum absolute atomic E-state index is 4.98. The Labute approximate surface area is 113 Å². The number of benzene rings is 1. The van der Waals surface area contributed by atoms with E-state index in [-0.39, 0.29) is 5.54 Å². The fourth-order valence-corrected chi connectivity index (χ4v) is 3.95. The van der Waals surface area contributed by atoms with Crippen molar-refractivity contribution in [3.8, 4) is 0 Å². The van der Waals surface area contributed by atoms with Crippen LogP contribution >= 0.6 is 11.8 Å². The lowest BCUT2D eigenvalue weighted by Crippen LogP contribution is -2.32. The van der Waals surface area contributed by atoms with Crippen LogP contribution in [0, 0.1) is 5.92 Å². The molecule has 1 aromatic carbocycles. The van der Waals surface area contributed by atoms with Gasteiger partial charge in [0.1, 0.15) is 0 Å². The van der Waals surface area contributed by atoms with Gasteiger partial charge in [-0.3, -0.25) is 4.99 Å². The minimum Gasteiger partial charge on any atom is -0.335 e. The van der Waals surface area contributed by atoms with Crippen LogP contribution in [0.3, 0.4) is 0 Å². The molecule has 3 heteroatoms. The molecule has 2 aliphatic rings. The first kappa shape index (κ1) is 12.1. The zero-order valence-electron chi connectivity index (χ0n) is 10.9. The van der Waals surface area contributed by atoms with Crippen molar-refractivity contribution in [1.82, 2.24) is 0 Å². The Morgan fingerprint density at radius 2 is 1.94 bits per heavy atom. The van der Waals surface area contributed by atoms with Crippen molar-refractivity contribution in [2.45, 2.75) is 38.1 Å². The predicted octanol–water partition coefficient (Wildman–Crippen LogP) is 4.15. The van der Waals surface area contributed by atoms with E-state index in [1.807, 2.05) is 17.8 Å². The Morgan fingerprint density at radius 1 is 1.22 bits per heavy atom. The lowest BCUT2D eigenvalue weighted by molar-refractivity contribution is 0.273. The van der Waals surface area contributed by atoms with Crippen molar-refractivity contribution in [1.29, 1.82) is 0 Å². The van der Waals surface area contributed by atoms with Gasteiger partial charge < -0.3 is 5.32 Å². The van der Waals surface area contributed by atoms with Crippen LogP contribution in [0.5, 0.6) is 0 Å². The molecule has 0 aromatic heterocycles. The van der Waals surface area contributed by atoms with Crippen molar-refractivity contribution in [3.63, 3.8) is 0 Å². The molecule has 0 atom stereocenters. The summed E-state index contributed by atoms with van der Waals surface area (Å²) in [5.41, 5.74) is 1.39. The fourth-order valence-electron chi connectivity index (χ4n) is 2.75. The van der Waals surface area contributed by atoms with Crippen LogP contribution in [0.15, 0.2) is 35.3 Å². The fraction of sp³-hybridized carbons (Fsp3) is 0.533. The highest BCUT2D eigenvalue weighted by molar-refractivity contribution is 8.14. The second-order valence-electron chi connectivity index (χ2n) is 5.60. The van der Waals surface area contributed by atoms with Gasteiger partial charge in [-0.05, 0) is 43.7 Å². The van der Waals surface area contributed by atoms with Gasteiger partial charge in [0.25, 0.3) is 0 Å². The number of nitrogens with one attached hydrogen (secondary N) is 1. The smallest absolute Gasteiger partial charge is 0.161 e. The number of hydrogen-bond donors (Lipinski definition) is 1.